The van der Waals surface area contributed by atoms with E-state index in [9.17, 15) is 9.59 Å². The van der Waals surface area contributed by atoms with Gasteiger partial charge in [0, 0.05) is 37.6 Å². The van der Waals surface area contributed by atoms with Gasteiger partial charge in [-0.25, -0.2) is 9.48 Å². The van der Waals surface area contributed by atoms with Crippen molar-refractivity contribution in [2.75, 3.05) is 0 Å². The Balaban J connectivity index is 1.53. The van der Waals surface area contributed by atoms with Crippen molar-refractivity contribution >= 4 is 16.8 Å². The third-order valence-corrected chi connectivity index (χ3v) is 5.88. The summed E-state index contributed by atoms with van der Waals surface area (Å²) in [7, 11) is 1.65. The van der Waals surface area contributed by atoms with Crippen LogP contribution in [0.25, 0.3) is 10.9 Å². The Morgan fingerprint density at radius 2 is 2.14 bits per heavy atom. The molecule has 1 amide bonds. The quantitative estimate of drug-likeness (QED) is 0.726. The predicted molar refractivity (Wildman–Crippen MR) is 108 cm³/mol. The van der Waals surface area contributed by atoms with E-state index >= 15 is 0 Å². The second-order valence-corrected chi connectivity index (χ2v) is 7.82. The van der Waals surface area contributed by atoms with E-state index in [-0.39, 0.29) is 17.5 Å². The summed E-state index contributed by atoms with van der Waals surface area (Å²) in [6, 6.07) is 4.33. The molecule has 0 radical (unpaired) electrons. The fourth-order valence-electron chi connectivity index (χ4n) is 4.28. The number of nitrogens with zero attached hydrogens (tertiary/aromatic N) is 3. The van der Waals surface area contributed by atoms with Gasteiger partial charge in [0.2, 0.25) is 5.91 Å². The molecule has 2 N–H and O–H groups in total. The van der Waals surface area contributed by atoms with Crippen LogP contribution in [0.4, 0.5) is 0 Å². The number of hydrogen-bond donors (Lipinski definition) is 2. The van der Waals surface area contributed by atoms with Crippen molar-refractivity contribution in [1.29, 1.82) is 0 Å². The summed E-state index contributed by atoms with van der Waals surface area (Å²) in [5, 5.41) is 8.55. The molecule has 148 valence electrons. The summed E-state index contributed by atoms with van der Waals surface area (Å²) in [6.07, 6.45) is 2.32. The van der Waals surface area contributed by atoms with E-state index in [0.717, 1.165) is 23.3 Å². The first-order valence-corrected chi connectivity index (χ1v) is 9.90. The summed E-state index contributed by atoms with van der Waals surface area (Å²) >= 11 is 0. The zero-order chi connectivity index (χ0) is 20.0. The molecular formula is C21H27N5O2. The molecule has 0 spiro atoms. The molecular weight excluding hydrogens is 354 g/mol. The third kappa shape index (κ3) is 3.04. The molecule has 7 nitrogen and oxygen atoms in total. The zero-order valence-electron chi connectivity index (χ0n) is 16.9. The SMILES string of the molecule is CCc1[nH]c2c(CNC(=O)C3CCc4nn(C)c(=O)n4C3)cc(C)cc2c1C. The zero-order valence-corrected chi connectivity index (χ0v) is 16.9. The standard InChI is InChI=1S/C21H27N5O2/c1-5-17-13(3)16-9-12(2)8-15(19(16)23-17)10-22-20(27)14-6-7-18-24-25(4)21(28)26(18)11-14/h8-9,14,23H,5-7,10-11H2,1-4H3,(H,22,27). The highest BCUT2D eigenvalue weighted by atomic mass is 16.2. The number of hydrogen-bond acceptors (Lipinski definition) is 3. The molecule has 0 saturated heterocycles. The van der Waals surface area contributed by atoms with Gasteiger partial charge in [-0.15, -0.1) is 0 Å². The van der Waals surface area contributed by atoms with Crippen LogP contribution < -0.4 is 11.0 Å². The number of aromatic nitrogens is 4. The average Bonchev–Trinajstić information content (AvgIpc) is 3.15. The van der Waals surface area contributed by atoms with Crippen molar-refractivity contribution < 1.29 is 4.79 Å². The highest BCUT2D eigenvalue weighted by Crippen LogP contribution is 2.27. The molecule has 0 aliphatic carbocycles. The largest absolute Gasteiger partial charge is 0.358 e. The van der Waals surface area contributed by atoms with Gasteiger partial charge in [-0.1, -0.05) is 18.6 Å². The highest BCUT2D eigenvalue weighted by molar-refractivity contribution is 5.88. The van der Waals surface area contributed by atoms with E-state index < -0.39 is 0 Å². The Morgan fingerprint density at radius 3 is 2.89 bits per heavy atom. The average molecular weight is 381 g/mol. The lowest BCUT2D eigenvalue weighted by Crippen LogP contribution is -2.38. The fraction of sp³-hybridized carbons (Fsp3) is 0.476. The maximum Gasteiger partial charge on any atom is 0.345 e. The molecule has 3 aromatic rings. The monoisotopic (exact) mass is 381 g/mol. The Bertz CT molecular complexity index is 1120. The minimum atomic E-state index is -0.203. The van der Waals surface area contributed by atoms with Crippen LogP contribution in [-0.2, 0) is 37.8 Å². The number of rotatable bonds is 4. The van der Waals surface area contributed by atoms with Crippen molar-refractivity contribution in [3.63, 3.8) is 0 Å². The molecule has 0 bridgehead atoms. The first-order valence-electron chi connectivity index (χ1n) is 9.90. The van der Waals surface area contributed by atoms with E-state index in [2.05, 4.69) is 48.3 Å². The van der Waals surface area contributed by atoms with Gasteiger partial charge in [0.15, 0.2) is 0 Å². The fourth-order valence-corrected chi connectivity index (χ4v) is 4.28. The summed E-state index contributed by atoms with van der Waals surface area (Å²) in [4.78, 5) is 28.4. The summed E-state index contributed by atoms with van der Waals surface area (Å²) in [5.74, 6) is 0.562. The van der Waals surface area contributed by atoms with E-state index in [4.69, 9.17) is 0 Å². The maximum absolute atomic E-state index is 12.8. The number of aromatic amines is 1. The lowest BCUT2D eigenvalue weighted by Gasteiger charge is -2.21. The minimum Gasteiger partial charge on any atom is -0.358 e. The van der Waals surface area contributed by atoms with Gasteiger partial charge in [0.25, 0.3) is 0 Å². The summed E-state index contributed by atoms with van der Waals surface area (Å²) in [5.41, 5.74) is 5.76. The van der Waals surface area contributed by atoms with Crippen LogP contribution in [0, 0.1) is 19.8 Å². The molecule has 7 heteroatoms. The molecule has 0 saturated carbocycles. The first kappa shape index (κ1) is 18.5. The van der Waals surface area contributed by atoms with Gasteiger partial charge in [0.05, 0.1) is 11.4 Å². The maximum atomic E-state index is 12.8. The normalized spacial score (nSPS) is 16.4. The predicted octanol–water partition coefficient (Wildman–Crippen LogP) is 2.12. The van der Waals surface area contributed by atoms with Gasteiger partial charge >= 0.3 is 5.69 Å². The molecule has 0 fully saturated rings. The number of carbonyl (C=O) groups excluding carboxylic acids is 1. The van der Waals surface area contributed by atoms with Gasteiger partial charge in [-0.05, 0) is 43.9 Å². The number of amides is 1. The number of fused-ring (bicyclic) bond motifs is 2. The van der Waals surface area contributed by atoms with E-state index in [0.29, 0.717) is 25.9 Å². The number of aryl methyl sites for hydroxylation is 5. The molecule has 4 rings (SSSR count). The molecule has 1 aliphatic heterocycles. The number of carbonyl (C=O) groups is 1. The van der Waals surface area contributed by atoms with Crippen molar-refractivity contribution in [3.8, 4) is 0 Å². The van der Waals surface area contributed by atoms with E-state index in [1.807, 2.05) is 0 Å². The van der Waals surface area contributed by atoms with Crippen LogP contribution in [0.15, 0.2) is 16.9 Å². The smallest absolute Gasteiger partial charge is 0.345 e. The van der Waals surface area contributed by atoms with Crippen LogP contribution in [-0.4, -0.2) is 25.2 Å². The topological polar surface area (TPSA) is 84.7 Å². The molecule has 1 aromatic carbocycles. The Labute approximate surface area is 163 Å². The number of nitrogens with one attached hydrogen (secondary N) is 2. The third-order valence-electron chi connectivity index (χ3n) is 5.88. The lowest BCUT2D eigenvalue weighted by atomic mass is 9.98. The molecule has 2 aromatic heterocycles. The van der Waals surface area contributed by atoms with Gasteiger partial charge < -0.3 is 10.3 Å². The van der Waals surface area contributed by atoms with Crippen LogP contribution in [0.5, 0.6) is 0 Å². The van der Waals surface area contributed by atoms with Gasteiger partial charge in [-0.2, -0.15) is 5.10 Å². The van der Waals surface area contributed by atoms with Crippen LogP contribution in [0.2, 0.25) is 0 Å². The van der Waals surface area contributed by atoms with Crippen molar-refractivity contribution in [2.24, 2.45) is 13.0 Å². The molecule has 1 unspecified atom stereocenters. The lowest BCUT2D eigenvalue weighted by molar-refractivity contribution is -0.126. The van der Waals surface area contributed by atoms with E-state index in [1.165, 1.54) is 26.9 Å². The van der Waals surface area contributed by atoms with E-state index in [1.54, 1.807) is 11.6 Å². The second-order valence-electron chi connectivity index (χ2n) is 7.82. The van der Waals surface area contributed by atoms with Crippen molar-refractivity contribution in [2.45, 2.75) is 53.1 Å². The Hall–Kier alpha value is -2.83. The highest BCUT2D eigenvalue weighted by Gasteiger charge is 2.27. The molecule has 28 heavy (non-hydrogen) atoms. The summed E-state index contributed by atoms with van der Waals surface area (Å²) < 4.78 is 2.97. The first-order chi connectivity index (χ1) is 13.4. The number of H-pyrrole nitrogens is 1. The van der Waals surface area contributed by atoms with Crippen LogP contribution in [0.1, 0.15) is 41.6 Å². The van der Waals surface area contributed by atoms with Crippen molar-refractivity contribution in [3.05, 3.63) is 50.8 Å². The summed E-state index contributed by atoms with van der Waals surface area (Å²) in [6.45, 7) is 7.25. The van der Waals surface area contributed by atoms with Crippen LogP contribution in [0.3, 0.4) is 0 Å². The minimum absolute atomic E-state index is 0.00458. The Morgan fingerprint density at radius 1 is 1.36 bits per heavy atom. The van der Waals surface area contributed by atoms with Gasteiger partial charge in [-0.3, -0.25) is 9.36 Å². The van der Waals surface area contributed by atoms with Gasteiger partial charge in [0.1, 0.15) is 5.82 Å². The molecule has 3 heterocycles. The molecule has 1 aliphatic rings. The van der Waals surface area contributed by atoms with Crippen molar-refractivity contribution in [1.82, 2.24) is 24.6 Å². The number of benzene rings is 1. The Kier molecular flexibility index (Phi) is 4.61. The second kappa shape index (κ2) is 6.96. The molecule has 1 atom stereocenters. The van der Waals surface area contributed by atoms with Crippen LogP contribution >= 0.6 is 0 Å².